The van der Waals surface area contributed by atoms with Crippen LogP contribution >= 0.6 is 24.0 Å². The number of carbonyl (C=O) groups excluding carboxylic acids is 1. The SMILES string of the molecule is C#Cc1cccc(NC(=O)CN=C(NCC)NCCCOCC)c1.I. The Morgan fingerprint density at radius 2 is 2.12 bits per heavy atom. The smallest absolute Gasteiger partial charge is 0.246 e. The van der Waals surface area contributed by atoms with Gasteiger partial charge in [0.1, 0.15) is 6.54 Å². The summed E-state index contributed by atoms with van der Waals surface area (Å²) in [5, 5.41) is 9.05. The van der Waals surface area contributed by atoms with Crippen molar-refractivity contribution in [3.05, 3.63) is 29.8 Å². The number of nitrogens with zero attached hydrogens (tertiary/aromatic N) is 1. The van der Waals surface area contributed by atoms with E-state index in [9.17, 15) is 4.79 Å². The molecule has 0 saturated heterocycles. The Balaban J connectivity index is 0.00000576. The van der Waals surface area contributed by atoms with Crippen LogP contribution in [0, 0.1) is 12.3 Å². The molecule has 138 valence electrons. The molecule has 0 fully saturated rings. The lowest BCUT2D eigenvalue weighted by atomic mass is 10.2. The van der Waals surface area contributed by atoms with Crippen molar-refractivity contribution in [1.82, 2.24) is 10.6 Å². The molecule has 0 aromatic heterocycles. The first-order valence-electron chi connectivity index (χ1n) is 8.16. The van der Waals surface area contributed by atoms with E-state index in [-0.39, 0.29) is 36.4 Å². The zero-order valence-electron chi connectivity index (χ0n) is 14.8. The van der Waals surface area contributed by atoms with Gasteiger partial charge >= 0.3 is 0 Å². The Morgan fingerprint density at radius 3 is 2.80 bits per heavy atom. The normalized spacial score (nSPS) is 10.4. The number of terminal acetylenes is 1. The molecule has 7 heteroatoms. The number of hydrogen-bond acceptors (Lipinski definition) is 3. The molecule has 0 heterocycles. The van der Waals surface area contributed by atoms with E-state index in [2.05, 4.69) is 26.9 Å². The van der Waals surface area contributed by atoms with Gasteiger partial charge in [-0.05, 0) is 38.5 Å². The molecule has 1 aromatic rings. The fourth-order valence-corrected chi connectivity index (χ4v) is 1.91. The van der Waals surface area contributed by atoms with Crippen LogP contribution < -0.4 is 16.0 Å². The van der Waals surface area contributed by atoms with Crippen LogP contribution in [0.15, 0.2) is 29.3 Å². The van der Waals surface area contributed by atoms with Gasteiger partial charge in [-0.1, -0.05) is 12.0 Å². The average Bonchev–Trinajstić information content (AvgIpc) is 2.59. The Labute approximate surface area is 167 Å². The lowest BCUT2D eigenvalue weighted by Crippen LogP contribution is -2.38. The monoisotopic (exact) mass is 458 g/mol. The van der Waals surface area contributed by atoms with Crippen LogP contribution in [-0.4, -0.2) is 44.7 Å². The molecule has 0 aliphatic rings. The maximum absolute atomic E-state index is 12.0. The van der Waals surface area contributed by atoms with Gasteiger partial charge in [0.25, 0.3) is 0 Å². The summed E-state index contributed by atoms with van der Waals surface area (Å²) in [7, 11) is 0. The predicted molar refractivity (Wildman–Crippen MR) is 114 cm³/mol. The molecule has 0 atom stereocenters. The molecule has 0 aliphatic carbocycles. The number of anilines is 1. The van der Waals surface area contributed by atoms with Crippen molar-refractivity contribution < 1.29 is 9.53 Å². The van der Waals surface area contributed by atoms with Crippen LogP contribution in [0.4, 0.5) is 5.69 Å². The van der Waals surface area contributed by atoms with Crippen LogP contribution in [-0.2, 0) is 9.53 Å². The minimum absolute atomic E-state index is 0. The van der Waals surface area contributed by atoms with E-state index in [1.165, 1.54) is 0 Å². The molecule has 0 aliphatic heterocycles. The lowest BCUT2D eigenvalue weighted by Gasteiger charge is -2.11. The first-order chi connectivity index (χ1) is 11.7. The van der Waals surface area contributed by atoms with Gasteiger partial charge in [-0.25, -0.2) is 4.99 Å². The third kappa shape index (κ3) is 10.6. The fourth-order valence-electron chi connectivity index (χ4n) is 1.91. The Bertz CT molecular complexity index is 585. The van der Waals surface area contributed by atoms with E-state index in [0.717, 1.165) is 31.7 Å². The summed E-state index contributed by atoms with van der Waals surface area (Å²) in [5.41, 5.74) is 1.39. The molecule has 0 unspecified atom stereocenters. The highest BCUT2D eigenvalue weighted by atomic mass is 127. The average molecular weight is 458 g/mol. The molecule has 3 N–H and O–H groups in total. The minimum Gasteiger partial charge on any atom is -0.382 e. The Kier molecular flexibility index (Phi) is 13.5. The second-order valence-electron chi connectivity index (χ2n) is 4.95. The molecule has 1 rings (SSSR count). The van der Waals surface area contributed by atoms with Crippen LogP contribution in [0.25, 0.3) is 0 Å². The van der Waals surface area contributed by atoms with E-state index < -0.39 is 0 Å². The highest BCUT2D eigenvalue weighted by Gasteiger charge is 2.03. The van der Waals surface area contributed by atoms with Crippen molar-refractivity contribution in [2.45, 2.75) is 20.3 Å². The van der Waals surface area contributed by atoms with Gasteiger partial charge in [-0.15, -0.1) is 30.4 Å². The summed E-state index contributed by atoms with van der Waals surface area (Å²) in [6.45, 7) is 6.85. The zero-order chi connectivity index (χ0) is 17.6. The van der Waals surface area contributed by atoms with Crippen molar-refractivity contribution >= 4 is 41.5 Å². The summed E-state index contributed by atoms with van der Waals surface area (Å²) in [5.74, 6) is 2.95. The number of hydrogen-bond donors (Lipinski definition) is 3. The highest BCUT2D eigenvalue weighted by molar-refractivity contribution is 14.0. The number of benzene rings is 1. The van der Waals surface area contributed by atoms with Crippen molar-refractivity contribution in [1.29, 1.82) is 0 Å². The molecule has 6 nitrogen and oxygen atoms in total. The maximum Gasteiger partial charge on any atom is 0.246 e. The third-order valence-electron chi connectivity index (χ3n) is 3.00. The summed E-state index contributed by atoms with van der Waals surface area (Å²) in [6, 6.07) is 7.15. The maximum atomic E-state index is 12.0. The van der Waals surface area contributed by atoms with E-state index in [0.29, 0.717) is 18.3 Å². The largest absolute Gasteiger partial charge is 0.382 e. The summed E-state index contributed by atoms with van der Waals surface area (Å²) < 4.78 is 5.28. The highest BCUT2D eigenvalue weighted by Crippen LogP contribution is 2.09. The van der Waals surface area contributed by atoms with E-state index in [1.54, 1.807) is 18.2 Å². The lowest BCUT2D eigenvalue weighted by molar-refractivity contribution is -0.114. The zero-order valence-corrected chi connectivity index (χ0v) is 17.1. The molecule has 0 spiro atoms. The number of amides is 1. The number of ether oxygens (including phenoxy) is 1. The number of carbonyl (C=O) groups is 1. The number of aliphatic imine (C=N–C) groups is 1. The van der Waals surface area contributed by atoms with Crippen LogP contribution in [0.1, 0.15) is 25.8 Å². The summed E-state index contributed by atoms with van der Waals surface area (Å²) in [6.07, 6.45) is 6.23. The molecule has 25 heavy (non-hydrogen) atoms. The fraction of sp³-hybridized carbons (Fsp3) is 0.444. The summed E-state index contributed by atoms with van der Waals surface area (Å²) >= 11 is 0. The third-order valence-corrected chi connectivity index (χ3v) is 3.00. The first kappa shape index (κ1) is 23.2. The van der Waals surface area contributed by atoms with Crippen molar-refractivity contribution in [2.24, 2.45) is 4.99 Å². The van der Waals surface area contributed by atoms with Gasteiger partial charge in [0, 0.05) is 37.6 Å². The second-order valence-corrected chi connectivity index (χ2v) is 4.95. The molecule has 0 saturated carbocycles. The summed E-state index contributed by atoms with van der Waals surface area (Å²) in [4.78, 5) is 16.3. The van der Waals surface area contributed by atoms with Gasteiger partial charge in [0.2, 0.25) is 5.91 Å². The minimum atomic E-state index is -0.198. The molecule has 1 amide bonds. The van der Waals surface area contributed by atoms with E-state index in [1.807, 2.05) is 19.9 Å². The van der Waals surface area contributed by atoms with Crippen molar-refractivity contribution in [2.75, 3.05) is 38.2 Å². The van der Waals surface area contributed by atoms with Crippen molar-refractivity contribution in [3.8, 4) is 12.3 Å². The van der Waals surface area contributed by atoms with Gasteiger partial charge in [0.05, 0.1) is 0 Å². The first-order valence-corrected chi connectivity index (χ1v) is 8.16. The van der Waals surface area contributed by atoms with Gasteiger partial charge < -0.3 is 20.7 Å². The van der Waals surface area contributed by atoms with E-state index in [4.69, 9.17) is 11.2 Å². The number of halogens is 1. The Hall–Kier alpha value is -1.79. The van der Waals surface area contributed by atoms with Crippen LogP contribution in [0.2, 0.25) is 0 Å². The molecule has 1 aromatic carbocycles. The second kappa shape index (κ2) is 14.5. The predicted octanol–water partition coefficient (Wildman–Crippen LogP) is 2.21. The number of guanidine groups is 1. The molecule has 0 radical (unpaired) electrons. The number of rotatable bonds is 9. The molecule has 0 bridgehead atoms. The van der Waals surface area contributed by atoms with Crippen LogP contribution in [0.3, 0.4) is 0 Å². The Morgan fingerprint density at radius 1 is 1.32 bits per heavy atom. The quantitative estimate of drug-likeness (QED) is 0.175. The van der Waals surface area contributed by atoms with Gasteiger partial charge in [-0.3, -0.25) is 4.79 Å². The van der Waals surface area contributed by atoms with E-state index >= 15 is 0 Å². The van der Waals surface area contributed by atoms with Gasteiger partial charge in [0.15, 0.2) is 5.96 Å². The molecular weight excluding hydrogens is 431 g/mol. The topological polar surface area (TPSA) is 74.8 Å². The number of nitrogens with one attached hydrogen (secondary N) is 3. The van der Waals surface area contributed by atoms with Crippen LogP contribution in [0.5, 0.6) is 0 Å². The molecular formula is C18H27IN4O2. The standard InChI is InChI=1S/C18H26N4O2.HI/c1-4-15-9-7-10-16(13-15)22-17(23)14-21-18(19-5-2)20-11-8-12-24-6-3;/h1,7,9-10,13H,5-6,8,11-12,14H2,2-3H3,(H,22,23)(H2,19,20,21);1H. The van der Waals surface area contributed by atoms with Gasteiger partial charge in [-0.2, -0.15) is 0 Å². The van der Waals surface area contributed by atoms with Crippen molar-refractivity contribution in [3.63, 3.8) is 0 Å².